The van der Waals surface area contributed by atoms with E-state index in [1.165, 1.54) is 23.9 Å². The molecule has 3 aromatic rings. The van der Waals surface area contributed by atoms with Crippen LogP contribution in [0.4, 0.5) is 11.4 Å². The van der Waals surface area contributed by atoms with E-state index in [1.807, 2.05) is 6.07 Å². The number of carbonyl (C=O) groups is 1. The molecule has 0 heterocycles. The number of methoxy groups -OCH3 is 2. The molecule has 33 heavy (non-hydrogen) atoms. The van der Waals surface area contributed by atoms with Crippen LogP contribution in [0.5, 0.6) is 11.5 Å². The third-order valence-electron chi connectivity index (χ3n) is 4.57. The highest BCUT2D eigenvalue weighted by molar-refractivity contribution is 8.00. The highest BCUT2D eigenvalue weighted by Gasteiger charge is 2.18. The molecule has 10 heteroatoms. The van der Waals surface area contributed by atoms with Crippen molar-refractivity contribution in [2.75, 3.05) is 24.3 Å². The molecule has 7 nitrogen and oxygen atoms in total. The van der Waals surface area contributed by atoms with Gasteiger partial charge in [-0.05, 0) is 73.7 Å². The van der Waals surface area contributed by atoms with Crippen molar-refractivity contribution in [2.45, 2.75) is 22.0 Å². The largest absolute Gasteiger partial charge is 0.493 e. The van der Waals surface area contributed by atoms with Gasteiger partial charge >= 0.3 is 0 Å². The van der Waals surface area contributed by atoms with Crippen LogP contribution in [0.2, 0.25) is 5.02 Å². The summed E-state index contributed by atoms with van der Waals surface area (Å²) in [5.41, 5.74) is 0.892. The highest BCUT2D eigenvalue weighted by Crippen LogP contribution is 2.33. The molecule has 2 N–H and O–H groups in total. The Morgan fingerprint density at radius 2 is 1.52 bits per heavy atom. The van der Waals surface area contributed by atoms with E-state index in [-0.39, 0.29) is 10.8 Å². The first-order chi connectivity index (χ1) is 15.7. The second-order valence-electron chi connectivity index (χ2n) is 6.90. The molecule has 0 saturated heterocycles. The van der Waals surface area contributed by atoms with Gasteiger partial charge in [0.15, 0.2) is 11.5 Å². The number of thioether (sulfide) groups is 1. The second kappa shape index (κ2) is 10.8. The molecule has 1 atom stereocenters. The summed E-state index contributed by atoms with van der Waals surface area (Å²) in [7, 11) is -0.659. The fourth-order valence-corrected chi connectivity index (χ4v) is 4.92. The van der Waals surface area contributed by atoms with Gasteiger partial charge in [0.1, 0.15) is 0 Å². The topological polar surface area (TPSA) is 93.7 Å². The molecular weight excluding hydrogens is 484 g/mol. The summed E-state index contributed by atoms with van der Waals surface area (Å²) < 4.78 is 38.2. The first-order valence-electron chi connectivity index (χ1n) is 9.80. The number of sulfonamides is 1. The van der Waals surface area contributed by atoms with Crippen LogP contribution >= 0.6 is 23.4 Å². The Morgan fingerprint density at radius 3 is 2.12 bits per heavy atom. The van der Waals surface area contributed by atoms with Crippen LogP contribution < -0.4 is 19.5 Å². The summed E-state index contributed by atoms with van der Waals surface area (Å²) in [6.45, 7) is 1.78. The normalized spacial score (nSPS) is 12.0. The standard InChI is InChI=1S/C23H23ClN2O5S2/c1-15(32-19-10-13-21(30-2)22(14-19)31-3)23(27)25-17-8-11-20(12-9-17)33(28,29)26-18-6-4-16(24)5-7-18/h4-15,26H,1-3H3,(H,25,27). The van der Waals surface area contributed by atoms with E-state index in [0.29, 0.717) is 27.9 Å². The minimum atomic E-state index is -3.77. The van der Waals surface area contributed by atoms with E-state index in [1.54, 1.807) is 69.7 Å². The van der Waals surface area contributed by atoms with Crippen LogP contribution in [0.25, 0.3) is 0 Å². The maximum absolute atomic E-state index is 12.6. The summed E-state index contributed by atoms with van der Waals surface area (Å²) in [4.78, 5) is 13.5. The number of benzene rings is 3. The molecule has 0 aromatic heterocycles. The van der Waals surface area contributed by atoms with Crippen LogP contribution in [0.15, 0.2) is 76.5 Å². The Kier molecular flexibility index (Phi) is 8.12. The summed E-state index contributed by atoms with van der Waals surface area (Å²) in [5, 5.41) is 2.91. The van der Waals surface area contributed by atoms with Crippen molar-refractivity contribution in [3.8, 4) is 11.5 Å². The number of carbonyl (C=O) groups excluding carboxylic acids is 1. The van der Waals surface area contributed by atoms with Gasteiger partial charge in [0.05, 0.1) is 24.4 Å². The summed E-state index contributed by atoms with van der Waals surface area (Å²) in [6.07, 6.45) is 0. The molecule has 3 aromatic carbocycles. The molecule has 1 unspecified atom stereocenters. The van der Waals surface area contributed by atoms with Gasteiger partial charge in [0.25, 0.3) is 10.0 Å². The molecule has 0 saturated carbocycles. The van der Waals surface area contributed by atoms with Gasteiger partial charge in [-0.15, -0.1) is 11.8 Å². The van der Waals surface area contributed by atoms with Gasteiger partial charge in [-0.1, -0.05) is 11.6 Å². The SMILES string of the molecule is COc1ccc(SC(C)C(=O)Nc2ccc(S(=O)(=O)Nc3ccc(Cl)cc3)cc2)cc1OC. The smallest absolute Gasteiger partial charge is 0.261 e. The van der Waals surface area contributed by atoms with Crippen LogP contribution in [0.3, 0.4) is 0 Å². The highest BCUT2D eigenvalue weighted by atomic mass is 35.5. The quantitative estimate of drug-likeness (QED) is 0.384. The van der Waals surface area contributed by atoms with Gasteiger partial charge < -0.3 is 14.8 Å². The predicted molar refractivity (Wildman–Crippen MR) is 132 cm³/mol. The van der Waals surface area contributed by atoms with Gasteiger partial charge in [0, 0.05) is 21.3 Å². The molecule has 0 bridgehead atoms. The van der Waals surface area contributed by atoms with E-state index in [2.05, 4.69) is 10.0 Å². The van der Waals surface area contributed by atoms with E-state index in [0.717, 1.165) is 4.90 Å². The minimum Gasteiger partial charge on any atom is -0.493 e. The van der Waals surface area contributed by atoms with E-state index >= 15 is 0 Å². The molecule has 0 fully saturated rings. The Morgan fingerprint density at radius 1 is 0.909 bits per heavy atom. The lowest BCUT2D eigenvalue weighted by molar-refractivity contribution is -0.115. The van der Waals surface area contributed by atoms with Crippen LogP contribution in [-0.2, 0) is 14.8 Å². The fourth-order valence-electron chi connectivity index (χ4n) is 2.84. The van der Waals surface area contributed by atoms with Gasteiger partial charge in [-0.25, -0.2) is 8.42 Å². The lowest BCUT2D eigenvalue weighted by Crippen LogP contribution is -2.22. The fraction of sp³-hybridized carbons (Fsp3) is 0.174. The average Bonchev–Trinajstić information content (AvgIpc) is 2.80. The number of hydrogen-bond donors (Lipinski definition) is 2. The van der Waals surface area contributed by atoms with E-state index < -0.39 is 15.3 Å². The third-order valence-corrected chi connectivity index (χ3v) is 7.31. The molecular formula is C23H23ClN2O5S2. The zero-order valence-corrected chi connectivity index (χ0v) is 20.6. The van der Waals surface area contributed by atoms with Crippen molar-refractivity contribution >= 4 is 50.7 Å². The van der Waals surface area contributed by atoms with Crippen molar-refractivity contribution in [1.29, 1.82) is 0 Å². The van der Waals surface area contributed by atoms with Crippen molar-refractivity contribution in [2.24, 2.45) is 0 Å². The number of rotatable bonds is 9. The minimum absolute atomic E-state index is 0.0724. The third kappa shape index (κ3) is 6.56. The van der Waals surface area contributed by atoms with Gasteiger partial charge in [0.2, 0.25) is 5.91 Å². The Balaban J connectivity index is 1.63. The Hall–Kier alpha value is -2.88. The molecule has 0 aliphatic rings. The maximum Gasteiger partial charge on any atom is 0.261 e. The molecule has 3 rings (SSSR count). The van der Waals surface area contributed by atoms with Crippen LogP contribution in [-0.4, -0.2) is 33.8 Å². The maximum atomic E-state index is 12.6. The number of hydrogen-bond acceptors (Lipinski definition) is 6. The first kappa shape index (κ1) is 24.8. The van der Waals surface area contributed by atoms with Gasteiger partial charge in [-0.2, -0.15) is 0 Å². The van der Waals surface area contributed by atoms with Crippen molar-refractivity contribution in [1.82, 2.24) is 0 Å². The van der Waals surface area contributed by atoms with Crippen molar-refractivity contribution < 1.29 is 22.7 Å². The monoisotopic (exact) mass is 506 g/mol. The molecule has 0 aliphatic carbocycles. The molecule has 0 spiro atoms. The van der Waals surface area contributed by atoms with Crippen molar-refractivity contribution in [3.05, 3.63) is 71.8 Å². The number of nitrogens with one attached hydrogen (secondary N) is 2. The molecule has 0 radical (unpaired) electrons. The number of anilines is 2. The lowest BCUT2D eigenvalue weighted by Gasteiger charge is -2.14. The average molecular weight is 507 g/mol. The molecule has 174 valence electrons. The number of halogens is 1. The Labute approximate surface area is 202 Å². The summed E-state index contributed by atoms with van der Waals surface area (Å²) >= 11 is 7.19. The Bertz CT molecular complexity index is 1220. The number of ether oxygens (including phenoxy) is 2. The predicted octanol–water partition coefficient (Wildman–Crippen LogP) is 5.28. The number of amides is 1. The lowest BCUT2D eigenvalue weighted by atomic mass is 10.3. The molecule has 1 amide bonds. The van der Waals surface area contributed by atoms with Crippen LogP contribution in [0.1, 0.15) is 6.92 Å². The summed E-state index contributed by atoms with van der Waals surface area (Å²) in [6, 6.07) is 17.7. The zero-order chi connectivity index (χ0) is 24.0. The first-order valence-corrected chi connectivity index (χ1v) is 12.5. The van der Waals surface area contributed by atoms with E-state index in [9.17, 15) is 13.2 Å². The second-order valence-corrected chi connectivity index (χ2v) is 10.4. The zero-order valence-electron chi connectivity index (χ0n) is 18.2. The molecule has 0 aliphatic heterocycles. The van der Waals surface area contributed by atoms with Crippen LogP contribution in [0, 0.1) is 0 Å². The van der Waals surface area contributed by atoms with Crippen molar-refractivity contribution in [3.63, 3.8) is 0 Å². The van der Waals surface area contributed by atoms with Gasteiger partial charge in [-0.3, -0.25) is 9.52 Å². The summed E-state index contributed by atoms with van der Waals surface area (Å²) in [5.74, 6) is 0.975. The van der Waals surface area contributed by atoms with E-state index in [4.69, 9.17) is 21.1 Å².